The average Bonchev–Trinajstić information content (AvgIpc) is 3.34. The monoisotopic (exact) mass is 596 g/mol. The fourth-order valence-electron chi connectivity index (χ4n) is 11.7. The van der Waals surface area contributed by atoms with E-state index in [0.717, 1.165) is 37.7 Å². The van der Waals surface area contributed by atoms with Crippen LogP contribution in [0.3, 0.4) is 0 Å². The molecule has 7 aliphatic rings. The lowest BCUT2D eigenvalue weighted by atomic mass is 9.36. The van der Waals surface area contributed by atoms with Crippen LogP contribution in [0.2, 0.25) is 0 Å². The number of nitrogens with zero attached hydrogens (tertiary/aromatic N) is 2. The van der Waals surface area contributed by atoms with Crippen LogP contribution in [0.5, 0.6) is 0 Å². The Balaban J connectivity index is 1.43. The van der Waals surface area contributed by atoms with E-state index >= 15 is 0 Å². The minimum Gasteiger partial charge on any atom is -0.478 e. The number of aliphatic hydroxyl groups excluding tert-OH is 2. The molecule has 236 valence electrons. The van der Waals surface area contributed by atoms with E-state index in [-0.39, 0.29) is 30.1 Å². The zero-order valence-electron chi connectivity index (χ0n) is 25.4. The van der Waals surface area contributed by atoms with Crippen molar-refractivity contribution in [2.75, 3.05) is 33.3 Å². The predicted molar refractivity (Wildman–Crippen MR) is 161 cm³/mol. The summed E-state index contributed by atoms with van der Waals surface area (Å²) in [4.78, 5) is 19.8. The molecule has 4 fully saturated rings. The van der Waals surface area contributed by atoms with Crippen LogP contribution >= 0.6 is 0 Å². The number of allylic oxidation sites excluding steroid dienone is 1. The summed E-state index contributed by atoms with van der Waals surface area (Å²) in [5.41, 5.74) is 4.23. The molecule has 0 aromatic carbocycles. The van der Waals surface area contributed by atoms with Gasteiger partial charge in [-0.1, -0.05) is 25.2 Å². The van der Waals surface area contributed by atoms with Crippen LogP contribution in [0.4, 0.5) is 0 Å². The Bertz CT molecular complexity index is 1300. The molecule has 10 nitrogen and oxygen atoms in total. The van der Waals surface area contributed by atoms with Crippen molar-refractivity contribution in [2.24, 2.45) is 50.6 Å². The Hall–Kier alpha value is -2.24. The Kier molecular flexibility index (Phi) is 6.95. The molecular formula is C33H48N4O6. The van der Waals surface area contributed by atoms with Gasteiger partial charge in [0.05, 0.1) is 30.5 Å². The summed E-state index contributed by atoms with van der Waals surface area (Å²) >= 11 is 0. The average molecular weight is 597 g/mol. The van der Waals surface area contributed by atoms with E-state index in [4.69, 9.17) is 10.5 Å². The van der Waals surface area contributed by atoms with E-state index in [1.165, 1.54) is 0 Å². The summed E-state index contributed by atoms with van der Waals surface area (Å²) in [5.74, 6) is -0.497. The number of hydrogen-bond acceptors (Lipinski definition) is 7. The molecule has 7 N–H and O–H groups in total. The maximum Gasteiger partial charge on any atom is 0.334 e. The zero-order chi connectivity index (χ0) is 30.4. The number of carboxylic acid groups (broad SMARTS) is 1. The van der Waals surface area contributed by atoms with Crippen LogP contribution < -0.4 is 11.1 Å². The third-order valence-electron chi connectivity index (χ3n) is 13.1. The largest absolute Gasteiger partial charge is 0.478 e. The van der Waals surface area contributed by atoms with Crippen molar-refractivity contribution in [1.29, 1.82) is 0 Å². The highest BCUT2D eigenvalue weighted by Gasteiger charge is 2.83. The van der Waals surface area contributed by atoms with Crippen LogP contribution in [0.1, 0.15) is 58.3 Å². The lowest BCUT2D eigenvalue weighted by molar-refractivity contribution is -0.219. The van der Waals surface area contributed by atoms with Gasteiger partial charge in [-0.15, -0.1) is 0 Å². The number of fused-ring (bicyclic) bond motifs is 1. The predicted octanol–water partition coefficient (Wildman–Crippen LogP) is 1.77. The quantitative estimate of drug-likeness (QED) is 0.116. The van der Waals surface area contributed by atoms with Gasteiger partial charge >= 0.3 is 5.97 Å². The highest BCUT2D eigenvalue weighted by atomic mass is 16.5. The number of aliphatic carboxylic acids is 1. The van der Waals surface area contributed by atoms with Crippen molar-refractivity contribution in [3.8, 4) is 0 Å². The first-order valence-electron chi connectivity index (χ1n) is 16.3. The fraction of sp³-hybridized carbons (Fsp3) is 0.758. The van der Waals surface area contributed by atoms with Crippen LogP contribution in [-0.4, -0.2) is 94.5 Å². The number of hydrogen-bond donors (Lipinski definition) is 6. The van der Waals surface area contributed by atoms with Crippen molar-refractivity contribution in [3.05, 3.63) is 35.6 Å². The van der Waals surface area contributed by atoms with Crippen molar-refractivity contribution in [1.82, 2.24) is 10.2 Å². The zero-order valence-corrected chi connectivity index (χ0v) is 25.4. The van der Waals surface area contributed by atoms with E-state index < -0.39 is 45.9 Å². The standard InChI is InChI=1S/C33H48N4O6/c1-19-3-6-21-15-23-27(28(40)41)33(42,26-8-5-20-4-7-22(39)16-24(20)43-26)25-9-10-30(17-36-12-14-38)11-13-37(29(34)35-2)18-31(21,30)32(19,23)25/h9-11,13,19-22,24-26,36,38-39,42H,3-8,12,14-18H2,1-2H3,(H2,34,35)(H,40,41). The van der Waals surface area contributed by atoms with Crippen LogP contribution in [-0.2, 0) is 9.53 Å². The molecule has 2 spiro atoms. The third-order valence-corrected chi connectivity index (χ3v) is 13.1. The van der Waals surface area contributed by atoms with Gasteiger partial charge in [0.1, 0.15) is 5.60 Å². The molecule has 2 bridgehead atoms. The number of rotatable bonds is 6. The number of nitrogens with two attached hydrogens (primary N) is 1. The molecule has 3 saturated carbocycles. The number of guanidine groups is 1. The lowest BCUT2D eigenvalue weighted by Gasteiger charge is -2.69. The molecule has 1 saturated heterocycles. The molecule has 0 aromatic heterocycles. The summed E-state index contributed by atoms with van der Waals surface area (Å²) < 4.78 is 6.72. The third kappa shape index (κ3) is 3.58. The number of carboxylic acids is 1. The Morgan fingerprint density at radius 1 is 1.21 bits per heavy atom. The highest BCUT2D eigenvalue weighted by Crippen LogP contribution is 2.83. The van der Waals surface area contributed by atoms with Gasteiger partial charge in [0.2, 0.25) is 0 Å². The van der Waals surface area contributed by atoms with Gasteiger partial charge < -0.3 is 41.1 Å². The normalized spacial score (nSPS) is 48.3. The van der Waals surface area contributed by atoms with Crippen molar-refractivity contribution < 1.29 is 30.0 Å². The van der Waals surface area contributed by atoms with Gasteiger partial charge in [0, 0.05) is 55.0 Å². The molecular weight excluding hydrogens is 548 g/mol. The van der Waals surface area contributed by atoms with Crippen LogP contribution in [0, 0.1) is 39.9 Å². The Morgan fingerprint density at radius 3 is 2.74 bits per heavy atom. The first-order chi connectivity index (χ1) is 20.6. The summed E-state index contributed by atoms with van der Waals surface area (Å²) in [6, 6.07) is 0. The van der Waals surface area contributed by atoms with Gasteiger partial charge in [-0.05, 0) is 74.7 Å². The summed E-state index contributed by atoms with van der Waals surface area (Å²) in [7, 11) is 1.68. The first-order valence-corrected chi connectivity index (χ1v) is 16.3. The van der Waals surface area contributed by atoms with Crippen molar-refractivity contribution in [2.45, 2.75) is 82.2 Å². The van der Waals surface area contributed by atoms with E-state index in [1.54, 1.807) is 7.05 Å². The molecule has 0 amide bonds. The molecule has 2 aliphatic heterocycles. The molecule has 5 aliphatic carbocycles. The van der Waals surface area contributed by atoms with Gasteiger partial charge in [0.25, 0.3) is 0 Å². The van der Waals surface area contributed by atoms with E-state index in [0.29, 0.717) is 50.8 Å². The Morgan fingerprint density at radius 2 is 2.00 bits per heavy atom. The number of aliphatic hydroxyl groups is 3. The second kappa shape index (κ2) is 10.1. The minimum absolute atomic E-state index is 0.0234. The topological polar surface area (TPSA) is 161 Å². The van der Waals surface area contributed by atoms with Gasteiger partial charge in [-0.25, -0.2) is 4.79 Å². The van der Waals surface area contributed by atoms with Crippen molar-refractivity contribution in [3.63, 3.8) is 0 Å². The Labute approximate surface area is 253 Å². The van der Waals surface area contributed by atoms with E-state index in [1.807, 2.05) is 11.1 Å². The molecule has 2 heterocycles. The number of aliphatic imine (C=N–C) groups is 1. The van der Waals surface area contributed by atoms with Gasteiger partial charge in [-0.3, -0.25) is 4.99 Å². The smallest absolute Gasteiger partial charge is 0.334 e. The summed E-state index contributed by atoms with van der Waals surface area (Å²) in [5, 5.41) is 47.7. The molecule has 7 rings (SSSR count). The minimum atomic E-state index is -1.70. The van der Waals surface area contributed by atoms with Crippen molar-refractivity contribution >= 4 is 11.9 Å². The first kappa shape index (κ1) is 29.5. The second-order valence-corrected chi connectivity index (χ2v) is 14.5. The number of ether oxygens (including phenoxy) is 1. The van der Waals surface area contributed by atoms with E-state index in [9.17, 15) is 25.2 Å². The fourth-order valence-corrected chi connectivity index (χ4v) is 11.7. The SMILES string of the molecule is CN=C(N)N1C=CC2(CNCCO)C=CC3C(O)(C4CCC5CCC(O)CC5O4)C(C(=O)O)=C4CC5CCC(C)C43C52C1. The number of carbonyl (C=O) groups is 1. The van der Waals surface area contributed by atoms with Crippen LogP contribution in [0.15, 0.2) is 40.6 Å². The molecule has 0 aromatic rings. The lowest BCUT2D eigenvalue weighted by Crippen LogP contribution is -2.71. The molecule has 11 unspecified atom stereocenters. The summed E-state index contributed by atoms with van der Waals surface area (Å²) in [6.07, 6.45) is 13.5. The van der Waals surface area contributed by atoms with Gasteiger partial charge in [0.15, 0.2) is 5.96 Å². The molecule has 0 radical (unpaired) electrons. The van der Waals surface area contributed by atoms with E-state index in [2.05, 4.69) is 35.5 Å². The summed E-state index contributed by atoms with van der Waals surface area (Å²) in [6.45, 7) is 3.89. The van der Waals surface area contributed by atoms with Crippen LogP contribution in [0.25, 0.3) is 0 Å². The molecule has 10 heteroatoms. The second-order valence-electron chi connectivity index (χ2n) is 14.5. The highest BCUT2D eigenvalue weighted by molar-refractivity contribution is 5.93. The van der Waals surface area contributed by atoms with Gasteiger partial charge in [-0.2, -0.15) is 0 Å². The molecule has 11 atom stereocenters. The maximum absolute atomic E-state index is 13.4. The number of nitrogens with one attached hydrogen (secondary N) is 1. The molecule has 43 heavy (non-hydrogen) atoms. The maximum atomic E-state index is 13.4.